The van der Waals surface area contributed by atoms with Gasteiger partial charge in [0.15, 0.2) is 0 Å². The number of hydrogen-bond acceptors (Lipinski definition) is 3. The normalized spacial score (nSPS) is 19.2. The van der Waals surface area contributed by atoms with Crippen molar-refractivity contribution in [2.75, 3.05) is 39.6 Å². The van der Waals surface area contributed by atoms with Crippen LogP contribution >= 0.6 is 0 Å². The van der Waals surface area contributed by atoms with E-state index in [4.69, 9.17) is 0 Å². The Morgan fingerprint density at radius 1 is 0.667 bits per heavy atom. The van der Waals surface area contributed by atoms with Crippen LogP contribution in [0.15, 0.2) is 0 Å². The minimum Gasteiger partial charge on any atom is -0.380 e. The van der Waals surface area contributed by atoms with Gasteiger partial charge in [0.05, 0.1) is 31.8 Å². The molecule has 0 saturated carbocycles. The molecule has 0 unspecified atom stereocenters. The second-order valence-corrected chi connectivity index (χ2v) is 5.38. The summed E-state index contributed by atoms with van der Waals surface area (Å²) in [5.74, 6) is -10.2. The molecule has 0 aromatic heterocycles. The molecular formula is C11H12F10O3. The summed E-state index contributed by atoms with van der Waals surface area (Å²) in [6.45, 7) is -6.20. The van der Waals surface area contributed by atoms with Crippen molar-refractivity contribution in [3.63, 3.8) is 0 Å². The second kappa shape index (κ2) is 6.83. The lowest BCUT2D eigenvalue weighted by molar-refractivity contribution is -0.307. The first-order valence-electron chi connectivity index (χ1n) is 6.24. The highest BCUT2D eigenvalue weighted by atomic mass is 19.4. The lowest BCUT2D eigenvalue weighted by atomic mass is 9.88. The van der Waals surface area contributed by atoms with E-state index in [0.717, 1.165) is 0 Å². The average molecular weight is 382 g/mol. The topological polar surface area (TPSA) is 27.7 Å². The van der Waals surface area contributed by atoms with E-state index in [1.165, 1.54) is 0 Å². The summed E-state index contributed by atoms with van der Waals surface area (Å²) in [6, 6.07) is 0. The summed E-state index contributed by atoms with van der Waals surface area (Å²) in [7, 11) is 0. The molecule has 0 amide bonds. The molecule has 1 aliphatic heterocycles. The van der Waals surface area contributed by atoms with Crippen LogP contribution in [0.25, 0.3) is 0 Å². The minimum absolute atomic E-state index is 0.303. The first-order valence-corrected chi connectivity index (χ1v) is 6.24. The molecule has 1 heterocycles. The Bertz CT molecular complexity index is 379. The third kappa shape index (κ3) is 5.09. The van der Waals surface area contributed by atoms with Crippen LogP contribution < -0.4 is 0 Å². The van der Waals surface area contributed by atoms with Crippen LogP contribution in [0.3, 0.4) is 0 Å². The molecule has 0 bridgehead atoms. The van der Waals surface area contributed by atoms with Gasteiger partial charge in [0, 0.05) is 0 Å². The summed E-state index contributed by atoms with van der Waals surface area (Å²) in [6.07, 6.45) is -11.7. The molecule has 1 fully saturated rings. The quantitative estimate of drug-likeness (QED) is 0.602. The van der Waals surface area contributed by atoms with Gasteiger partial charge in [0.1, 0.15) is 13.2 Å². The summed E-state index contributed by atoms with van der Waals surface area (Å²) in [5.41, 5.74) is -1.36. The van der Waals surface area contributed by atoms with Crippen LogP contribution in [0, 0.1) is 5.41 Å². The number of halogens is 10. The predicted molar refractivity (Wildman–Crippen MR) is 56.9 cm³/mol. The Kier molecular flexibility index (Phi) is 6.04. The monoisotopic (exact) mass is 382 g/mol. The van der Waals surface area contributed by atoms with E-state index < -0.39 is 56.0 Å². The molecule has 1 saturated heterocycles. The van der Waals surface area contributed by atoms with Crippen molar-refractivity contribution in [1.82, 2.24) is 0 Å². The van der Waals surface area contributed by atoms with Crippen molar-refractivity contribution in [3.05, 3.63) is 0 Å². The van der Waals surface area contributed by atoms with Crippen LogP contribution in [0.1, 0.15) is 0 Å². The Hall–Kier alpha value is -0.820. The highest BCUT2D eigenvalue weighted by molar-refractivity contribution is 4.87. The minimum atomic E-state index is -5.83. The molecule has 0 aromatic rings. The molecule has 0 aromatic carbocycles. The predicted octanol–water partition coefficient (Wildman–Crippen LogP) is 3.43. The van der Waals surface area contributed by atoms with E-state index in [1.54, 1.807) is 0 Å². The van der Waals surface area contributed by atoms with Gasteiger partial charge in [-0.3, -0.25) is 0 Å². The lowest BCUT2D eigenvalue weighted by Gasteiger charge is -2.41. The van der Waals surface area contributed by atoms with Gasteiger partial charge in [0.25, 0.3) is 0 Å². The number of rotatable bonds is 8. The van der Waals surface area contributed by atoms with E-state index in [9.17, 15) is 43.9 Å². The smallest absolute Gasteiger partial charge is 0.380 e. The lowest BCUT2D eigenvalue weighted by Crippen LogP contribution is -2.52. The summed E-state index contributed by atoms with van der Waals surface area (Å²) in [5, 5.41) is 0. The maximum absolute atomic E-state index is 12.6. The maximum Gasteiger partial charge on any atom is 0.455 e. The fraction of sp³-hybridized carbons (Fsp3) is 1.00. The Morgan fingerprint density at radius 2 is 1.00 bits per heavy atom. The standard InChI is InChI=1S/C11H12F10O3/c12-8(13,10(16,17)18)5-23-3-7(1-22-2-7)4-24-6-9(14,15)11(19,20)21/h1-6H2. The van der Waals surface area contributed by atoms with Crippen molar-refractivity contribution < 1.29 is 58.1 Å². The first kappa shape index (κ1) is 21.2. The van der Waals surface area contributed by atoms with Crippen LogP contribution in [0.4, 0.5) is 43.9 Å². The van der Waals surface area contributed by atoms with Crippen LogP contribution in [0.2, 0.25) is 0 Å². The molecule has 0 N–H and O–H groups in total. The van der Waals surface area contributed by atoms with E-state index in [2.05, 4.69) is 14.2 Å². The van der Waals surface area contributed by atoms with Gasteiger partial charge in [0.2, 0.25) is 0 Å². The number of ether oxygens (including phenoxy) is 3. The van der Waals surface area contributed by atoms with Gasteiger partial charge in [-0.25, -0.2) is 0 Å². The van der Waals surface area contributed by atoms with E-state index in [-0.39, 0.29) is 13.2 Å². The molecule has 24 heavy (non-hydrogen) atoms. The highest BCUT2D eigenvalue weighted by Crippen LogP contribution is 2.38. The molecule has 144 valence electrons. The Labute approximate surface area is 128 Å². The van der Waals surface area contributed by atoms with E-state index in [1.807, 2.05) is 0 Å². The van der Waals surface area contributed by atoms with Gasteiger partial charge < -0.3 is 14.2 Å². The third-order valence-corrected chi connectivity index (χ3v) is 3.03. The highest BCUT2D eigenvalue weighted by Gasteiger charge is 2.59. The third-order valence-electron chi connectivity index (χ3n) is 3.03. The van der Waals surface area contributed by atoms with Gasteiger partial charge in [-0.2, -0.15) is 43.9 Å². The zero-order chi connectivity index (χ0) is 18.9. The fourth-order valence-corrected chi connectivity index (χ4v) is 1.55. The Balaban J connectivity index is 2.46. The molecule has 0 atom stereocenters. The molecule has 0 spiro atoms. The number of alkyl halides is 10. The van der Waals surface area contributed by atoms with E-state index in [0.29, 0.717) is 0 Å². The zero-order valence-corrected chi connectivity index (χ0v) is 11.7. The zero-order valence-electron chi connectivity index (χ0n) is 11.7. The first-order chi connectivity index (χ1) is 10.6. The summed E-state index contributed by atoms with van der Waals surface area (Å²) in [4.78, 5) is 0. The molecule has 0 radical (unpaired) electrons. The summed E-state index contributed by atoms with van der Waals surface area (Å²) >= 11 is 0. The van der Waals surface area contributed by atoms with Crippen molar-refractivity contribution in [3.8, 4) is 0 Å². The van der Waals surface area contributed by atoms with Gasteiger partial charge in [-0.1, -0.05) is 0 Å². The van der Waals surface area contributed by atoms with Crippen LogP contribution in [-0.2, 0) is 14.2 Å². The van der Waals surface area contributed by atoms with Crippen molar-refractivity contribution in [2.24, 2.45) is 5.41 Å². The van der Waals surface area contributed by atoms with Crippen molar-refractivity contribution >= 4 is 0 Å². The molecule has 1 rings (SSSR count). The fourth-order valence-electron chi connectivity index (χ4n) is 1.55. The molecule has 1 aliphatic rings. The van der Waals surface area contributed by atoms with Gasteiger partial charge in [-0.15, -0.1) is 0 Å². The molecule has 0 aliphatic carbocycles. The molecular weight excluding hydrogens is 370 g/mol. The van der Waals surface area contributed by atoms with Gasteiger partial charge >= 0.3 is 24.2 Å². The van der Waals surface area contributed by atoms with Crippen LogP contribution in [0.5, 0.6) is 0 Å². The Morgan fingerprint density at radius 3 is 1.21 bits per heavy atom. The second-order valence-electron chi connectivity index (χ2n) is 5.38. The number of hydrogen-bond donors (Lipinski definition) is 0. The van der Waals surface area contributed by atoms with Gasteiger partial charge in [-0.05, 0) is 0 Å². The average Bonchev–Trinajstić information content (AvgIpc) is 2.31. The van der Waals surface area contributed by atoms with Crippen molar-refractivity contribution in [2.45, 2.75) is 24.2 Å². The largest absolute Gasteiger partial charge is 0.455 e. The van der Waals surface area contributed by atoms with Crippen molar-refractivity contribution in [1.29, 1.82) is 0 Å². The molecule has 13 heteroatoms. The molecule has 3 nitrogen and oxygen atoms in total. The SMILES string of the molecule is FC(F)(F)C(F)(F)COCC1(COCC(F)(F)C(F)(F)F)COC1. The van der Waals surface area contributed by atoms with Crippen LogP contribution in [-0.4, -0.2) is 63.8 Å². The van der Waals surface area contributed by atoms with E-state index >= 15 is 0 Å². The maximum atomic E-state index is 12.6. The summed E-state index contributed by atoms with van der Waals surface area (Å²) < 4.78 is 135.